The molecule has 1 aromatic carbocycles. The number of ether oxygens (including phenoxy) is 1. The van der Waals surface area contributed by atoms with E-state index in [0.717, 1.165) is 16.7 Å². The number of fused-ring (bicyclic) bond motifs is 3. The Hall–Kier alpha value is -1.43. The number of hydrogen-bond donors (Lipinski definition) is 1. The van der Waals surface area contributed by atoms with Gasteiger partial charge in [0.2, 0.25) is 0 Å². The number of aliphatic hydroxyl groups is 1. The normalized spacial score (nSPS) is 34.5. The molecule has 2 atom stereocenters. The summed E-state index contributed by atoms with van der Waals surface area (Å²) in [5, 5.41) is 11.1. The number of likely N-dealkylation sites (N-methyl/N-ethyl adjacent to an activating group) is 1. The molecule has 2 unspecified atom stereocenters. The second-order valence-corrected chi connectivity index (χ2v) is 5.99. The van der Waals surface area contributed by atoms with Crippen molar-refractivity contribution >= 4 is 11.1 Å². The van der Waals surface area contributed by atoms with Crippen molar-refractivity contribution < 1.29 is 14.3 Å². The Labute approximate surface area is 117 Å². The monoisotopic (exact) mass is 274 g/mol. The van der Waals surface area contributed by atoms with Crippen LogP contribution in [0.5, 0.6) is 0 Å². The second-order valence-electron chi connectivity index (χ2n) is 5.99. The third-order valence-corrected chi connectivity index (χ3v) is 4.79. The fourth-order valence-electron chi connectivity index (χ4n) is 3.53. The number of nitrogens with zero attached hydrogens (tertiary/aromatic N) is 2. The highest BCUT2D eigenvalue weighted by Crippen LogP contribution is 2.40. The molecule has 2 aromatic rings. The van der Waals surface area contributed by atoms with Gasteiger partial charge in [-0.25, -0.2) is 4.98 Å². The molecule has 5 heteroatoms. The second kappa shape index (κ2) is 4.28. The summed E-state index contributed by atoms with van der Waals surface area (Å²) >= 11 is 0. The van der Waals surface area contributed by atoms with E-state index in [1.54, 1.807) is 0 Å². The van der Waals surface area contributed by atoms with Gasteiger partial charge in [-0.2, -0.15) is 0 Å². The van der Waals surface area contributed by atoms with Crippen LogP contribution >= 0.6 is 0 Å². The molecule has 3 heterocycles. The van der Waals surface area contributed by atoms with Crippen LogP contribution in [0.1, 0.15) is 18.4 Å². The average molecular weight is 274 g/mol. The first-order valence-electron chi connectivity index (χ1n) is 7.01. The first-order valence-corrected chi connectivity index (χ1v) is 7.01. The Morgan fingerprint density at radius 3 is 2.80 bits per heavy atom. The summed E-state index contributed by atoms with van der Waals surface area (Å²) in [6.07, 6.45) is 2.84. The van der Waals surface area contributed by atoms with Gasteiger partial charge in [-0.05, 0) is 37.6 Å². The molecular formula is C15H18N2O3. The lowest BCUT2D eigenvalue weighted by molar-refractivity contribution is -0.137. The summed E-state index contributed by atoms with van der Waals surface area (Å²) in [5.74, 6) is 0. The summed E-state index contributed by atoms with van der Waals surface area (Å²) < 4.78 is 10.9. The van der Waals surface area contributed by atoms with E-state index in [0.29, 0.717) is 26.1 Å². The molecule has 2 aliphatic rings. The van der Waals surface area contributed by atoms with Gasteiger partial charge in [-0.3, -0.25) is 4.90 Å². The molecule has 2 fully saturated rings. The van der Waals surface area contributed by atoms with Crippen molar-refractivity contribution in [3.63, 3.8) is 0 Å². The van der Waals surface area contributed by atoms with E-state index in [1.807, 2.05) is 18.2 Å². The molecule has 1 aromatic heterocycles. The molecular weight excluding hydrogens is 256 g/mol. The maximum absolute atomic E-state index is 11.1. The topological polar surface area (TPSA) is 58.7 Å². The van der Waals surface area contributed by atoms with Crippen LogP contribution in [0.2, 0.25) is 0 Å². The Bertz CT molecular complexity index is 625. The lowest BCUT2D eigenvalue weighted by Gasteiger charge is -2.50. The minimum Gasteiger partial charge on any atom is -0.443 e. The highest BCUT2D eigenvalue weighted by Gasteiger charge is 2.45. The first kappa shape index (κ1) is 12.3. The fourth-order valence-corrected chi connectivity index (χ4v) is 3.53. The van der Waals surface area contributed by atoms with Crippen molar-refractivity contribution in [3.8, 4) is 0 Å². The number of aromatic nitrogens is 1. The van der Waals surface area contributed by atoms with Crippen molar-refractivity contribution in [2.24, 2.45) is 0 Å². The van der Waals surface area contributed by atoms with Gasteiger partial charge >= 0.3 is 0 Å². The van der Waals surface area contributed by atoms with E-state index < -0.39 is 5.60 Å². The van der Waals surface area contributed by atoms with E-state index in [4.69, 9.17) is 9.15 Å². The lowest BCUT2D eigenvalue weighted by Crippen LogP contribution is -2.59. The molecule has 20 heavy (non-hydrogen) atoms. The Morgan fingerprint density at radius 1 is 1.30 bits per heavy atom. The third kappa shape index (κ3) is 1.78. The van der Waals surface area contributed by atoms with Gasteiger partial charge in [0.25, 0.3) is 0 Å². The number of piperidine rings is 1. The van der Waals surface area contributed by atoms with Crippen LogP contribution in [-0.4, -0.2) is 47.3 Å². The van der Waals surface area contributed by atoms with Gasteiger partial charge in [0.05, 0.1) is 18.8 Å². The average Bonchev–Trinajstić information content (AvgIpc) is 2.88. The Balaban J connectivity index is 1.72. The molecule has 0 aliphatic carbocycles. The maximum Gasteiger partial charge on any atom is 0.181 e. The molecule has 106 valence electrons. The smallest absolute Gasteiger partial charge is 0.181 e. The molecule has 0 spiro atoms. The molecule has 2 saturated heterocycles. The van der Waals surface area contributed by atoms with Crippen LogP contribution in [0.3, 0.4) is 0 Å². The summed E-state index contributed by atoms with van der Waals surface area (Å²) in [4.78, 5) is 6.52. The maximum atomic E-state index is 11.1. The van der Waals surface area contributed by atoms with E-state index in [9.17, 15) is 5.11 Å². The lowest BCUT2D eigenvalue weighted by atomic mass is 9.77. The molecule has 2 bridgehead atoms. The van der Waals surface area contributed by atoms with Gasteiger partial charge in [0.1, 0.15) is 5.52 Å². The summed E-state index contributed by atoms with van der Waals surface area (Å²) in [6, 6.07) is 6.34. The van der Waals surface area contributed by atoms with E-state index in [-0.39, 0.29) is 12.1 Å². The van der Waals surface area contributed by atoms with Crippen molar-refractivity contribution in [2.45, 2.75) is 30.5 Å². The number of oxazole rings is 1. The van der Waals surface area contributed by atoms with E-state index in [1.165, 1.54) is 6.39 Å². The Kier molecular flexibility index (Phi) is 2.64. The van der Waals surface area contributed by atoms with Crippen molar-refractivity contribution in [1.82, 2.24) is 9.88 Å². The molecule has 5 nitrogen and oxygen atoms in total. The molecule has 0 radical (unpaired) electrons. The SMILES string of the molecule is CN1C2COCC1CC(O)(c1ccc3ocnc3c1)C2. The zero-order valence-electron chi connectivity index (χ0n) is 11.5. The van der Waals surface area contributed by atoms with E-state index >= 15 is 0 Å². The number of benzene rings is 1. The van der Waals surface area contributed by atoms with Gasteiger partial charge in [0, 0.05) is 12.1 Å². The summed E-state index contributed by atoms with van der Waals surface area (Å²) in [5.41, 5.74) is 1.70. The molecule has 4 rings (SSSR count). The predicted molar refractivity (Wildman–Crippen MR) is 73.3 cm³/mol. The minimum atomic E-state index is -0.793. The highest BCUT2D eigenvalue weighted by atomic mass is 16.5. The number of morpholine rings is 1. The van der Waals surface area contributed by atoms with Crippen LogP contribution in [0, 0.1) is 0 Å². The molecule has 0 amide bonds. The predicted octanol–water partition coefficient (Wildman–Crippen LogP) is 1.51. The van der Waals surface area contributed by atoms with Crippen LogP contribution in [0.15, 0.2) is 29.0 Å². The number of rotatable bonds is 1. The first-order chi connectivity index (χ1) is 9.66. The highest BCUT2D eigenvalue weighted by molar-refractivity contribution is 5.73. The van der Waals surface area contributed by atoms with Crippen LogP contribution in [-0.2, 0) is 10.3 Å². The van der Waals surface area contributed by atoms with Gasteiger partial charge < -0.3 is 14.3 Å². The van der Waals surface area contributed by atoms with Crippen LogP contribution in [0.4, 0.5) is 0 Å². The molecule has 0 saturated carbocycles. The van der Waals surface area contributed by atoms with Crippen molar-refractivity contribution in [2.75, 3.05) is 20.3 Å². The summed E-state index contributed by atoms with van der Waals surface area (Å²) in [6.45, 7) is 1.39. The van der Waals surface area contributed by atoms with Gasteiger partial charge in [-0.1, -0.05) is 6.07 Å². The summed E-state index contributed by atoms with van der Waals surface area (Å²) in [7, 11) is 2.12. The quantitative estimate of drug-likeness (QED) is 0.854. The third-order valence-electron chi connectivity index (χ3n) is 4.79. The van der Waals surface area contributed by atoms with E-state index in [2.05, 4.69) is 16.9 Å². The molecule has 2 aliphatic heterocycles. The standard InChI is InChI=1S/C15H18N2O3/c1-17-11-5-15(18,6-12(17)8-19-7-11)10-2-3-14-13(4-10)16-9-20-14/h2-4,9,11-12,18H,5-8H2,1H3. The van der Waals surface area contributed by atoms with Crippen LogP contribution in [0.25, 0.3) is 11.1 Å². The van der Waals surface area contributed by atoms with Gasteiger partial charge in [0.15, 0.2) is 12.0 Å². The zero-order chi connectivity index (χ0) is 13.7. The number of hydrogen-bond acceptors (Lipinski definition) is 5. The van der Waals surface area contributed by atoms with Crippen molar-refractivity contribution in [1.29, 1.82) is 0 Å². The minimum absolute atomic E-state index is 0.278. The zero-order valence-corrected chi connectivity index (χ0v) is 11.5. The Morgan fingerprint density at radius 2 is 2.05 bits per heavy atom. The fraction of sp³-hybridized carbons (Fsp3) is 0.533. The molecule has 1 N–H and O–H groups in total. The van der Waals surface area contributed by atoms with Crippen LogP contribution < -0.4 is 0 Å². The van der Waals surface area contributed by atoms with Gasteiger partial charge in [-0.15, -0.1) is 0 Å². The largest absolute Gasteiger partial charge is 0.443 e. The van der Waals surface area contributed by atoms with Crippen molar-refractivity contribution in [3.05, 3.63) is 30.2 Å².